The molecule has 3 atom stereocenters. The van der Waals surface area contributed by atoms with Crippen LogP contribution in [0.15, 0.2) is 48.5 Å². The largest absolute Gasteiger partial charge is 0.480 e. The van der Waals surface area contributed by atoms with Crippen molar-refractivity contribution in [3.05, 3.63) is 59.1 Å². The minimum Gasteiger partial charge on any atom is -0.480 e. The molecule has 0 radical (unpaired) electrons. The molecule has 0 heterocycles. The fourth-order valence-corrected chi connectivity index (χ4v) is 4.08. The molecule has 2 unspecified atom stereocenters. The molecular formula is C20H21ClF3N2O3S-. The molecule has 0 saturated carbocycles. The van der Waals surface area contributed by atoms with Gasteiger partial charge in [-0.25, -0.2) is 0 Å². The van der Waals surface area contributed by atoms with E-state index in [2.05, 4.69) is 0 Å². The first-order chi connectivity index (χ1) is 14.0. The third kappa shape index (κ3) is 6.45. The standard InChI is InChI=1S/C20H21ClF3N2O3S/c21-17-4-2-1-3-15(17)12-5-7-13(8-6-12)16(20(22,23)24)11-14(30(26)29)9-10-18(25)19(27)28/h1-8,14,16,18,26H,9-11,25H2,(H,27,28)/q-1/t14?,16?,18-/m0/s1. The lowest BCUT2D eigenvalue weighted by Crippen LogP contribution is -2.32. The predicted molar refractivity (Wildman–Crippen MR) is 110 cm³/mol. The molecule has 0 aliphatic heterocycles. The van der Waals surface area contributed by atoms with Crippen LogP contribution in [0.5, 0.6) is 0 Å². The monoisotopic (exact) mass is 461 g/mol. The second-order valence-corrected chi connectivity index (χ2v) is 8.54. The van der Waals surface area contributed by atoms with E-state index in [-0.39, 0.29) is 18.4 Å². The molecule has 0 aromatic heterocycles. The Morgan fingerprint density at radius 2 is 1.73 bits per heavy atom. The summed E-state index contributed by atoms with van der Waals surface area (Å²) in [5, 5.41) is 8.13. The molecule has 4 N–H and O–H groups in total. The summed E-state index contributed by atoms with van der Waals surface area (Å²) >= 11 is 6.13. The molecule has 2 aromatic carbocycles. The van der Waals surface area contributed by atoms with E-state index in [1.165, 1.54) is 24.3 Å². The highest BCUT2D eigenvalue weighted by Gasteiger charge is 2.41. The Morgan fingerprint density at radius 1 is 1.13 bits per heavy atom. The molecule has 0 spiro atoms. The van der Waals surface area contributed by atoms with E-state index in [0.717, 1.165) is 0 Å². The van der Waals surface area contributed by atoms with Crippen LogP contribution in [0.3, 0.4) is 0 Å². The summed E-state index contributed by atoms with van der Waals surface area (Å²) in [4.78, 5) is 10.8. The maximum Gasteiger partial charge on any atom is 0.395 e. The van der Waals surface area contributed by atoms with Crippen molar-refractivity contribution in [1.29, 1.82) is 4.78 Å². The molecule has 2 rings (SSSR count). The van der Waals surface area contributed by atoms with Crippen LogP contribution in [0, 0.1) is 4.78 Å². The van der Waals surface area contributed by atoms with E-state index in [1.807, 2.05) is 0 Å². The van der Waals surface area contributed by atoms with Crippen molar-refractivity contribution >= 4 is 28.2 Å². The fraction of sp³-hybridized carbons (Fsp3) is 0.350. The van der Waals surface area contributed by atoms with E-state index in [0.29, 0.717) is 16.1 Å². The van der Waals surface area contributed by atoms with Crippen LogP contribution in [0.1, 0.15) is 30.7 Å². The van der Waals surface area contributed by atoms with E-state index < -0.39 is 46.4 Å². The van der Waals surface area contributed by atoms with Gasteiger partial charge in [-0.2, -0.15) is 23.8 Å². The van der Waals surface area contributed by atoms with Gasteiger partial charge in [0.15, 0.2) is 0 Å². The number of carbonyl (C=O) groups is 1. The highest BCUT2D eigenvalue weighted by Crippen LogP contribution is 2.40. The van der Waals surface area contributed by atoms with Gasteiger partial charge in [0, 0.05) is 10.6 Å². The van der Waals surface area contributed by atoms with Gasteiger partial charge < -0.3 is 19.8 Å². The number of hydrogen-bond donors (Lipinski definition) is 3. The minimum atomic E-state index is -4.63. The maximum absolute atomic E-state index is 13.7. The van der Waals surface area contributed by atoms with Crippen LogP contribution in [0.2, 0.25) is 5.02 Å². The van der Waals surface area contributed by atoms with E-state index in [1.54, 1.807) is 24.3 Å². The van der Waals surface area contributed by atoms with E-state index in [9.17, 15) is 22.2 Å². The van der Waals surface area contributed by atoms with Gasteiger partial charge in [-0.1, -0.05) is 72.2 Å². The number of carboxylic acids is 1. The third-order valence-electron chi connectivity index (χ3n) is 4.81. The van der Waals surface area contributed by atoms with E-state index in [4.69, 9.17) is 27.2 Å². The quantitative estimate of drug-likeness (QED) is 0.439. The van der Waals surface area contributed by atoms with Crippen LogP contribution >= 0.6 is 11.6 Å². The third-order valence-corrected chi connectivity index (χ3v) is 6.17. The topological polar surface area (TPSA) is 104 Å². The zero-order valence-electron chi connectivity index (χ0n) is 15.7. The Kier molecular flexibility index (Phi) is 8.28. The molecular weight excluding hydrogens is 441 g/mol. The zero-order valence-corrected chi connectivity index (χ0v) is 17.3. The molecule has 0 saturated heterocycles. The second kappa shape index (κ2) is 10.3. The van der Waals surface area contributed by atoms with Crippen LogP contribution in [-0.2, 0) is 19.6 Å². The summed E-state index contributed by atoms with van der Waals surface area (Å²) < 4.78 is 60.4. The van der Waals surface area contributed by atoms with Crippen molar-refractivity contribution in [3.63, 3.8) is 0 Å². The first-order valence-electron chi connectivity index (χ1n) is 9.02. The molecule has 5 nitrogen and oxygen atoms in total. The minimum absolute atomic E-state index is 0.0312. The van der Waals surface area contributed by atoms with Gasteiger partial charge in [-0.3, -0.25) is 4.79 Å². The number of aliphatic carboxylic acids is 1. The molecule has 10 heteroatoms. The smallest absolute Gasteiger partial charge is 0.395 e. The SMILES string of the molecule is N=[S-](=O)C(CC[C@H](N)C(=O)O)CC(c1ccc(-c2ccccc2Cl)cc1)C(F)(F)F. The second-order valence-electron chi connectivity index (χ2n) is 6.87. The molecule has 2 aromatic rings. The molecule has 164 valence electrons. The van der Waals surface area contributed by atoms with Crippen LogP contribution in [0.25, 0.3) is 11.1 Å². The fourth-order valence-electron chi connectivity index (χ4n) is 3.11. The average Bonchev–Trinajstić information content (AvgIpc) is 2.67. The Morgan fingerprint density at radius 3 is 2.23 bits per heavy atom. The highest BCUT2D eigenvalue weighted by atomic mass is 35.5. The number of hydrogen-bond acceptors (Lipinski definition) is 5. The van der Waals surface area contributed by atoms with Gasteiger partial charge in [0.25, 0.3) is 0 Å². The summed E-state index contributed by atoms with van der Waals surface area (Å²) in [7, 11) is -2.32. The number of nitrogens with two attached hydrogens (primary N) is 1. The van der Waals surface area contributed by atoms with Crippen molar-refractivity contribution in [1.82, 2.24) is 0 Å². The molecule has 0 bridgehead atoms. The van der Waals surface area contributed by atoms with Crippen molar-refractivity contribution < 1.29 is 27.3 Å². The Bertz CT molecular complexity index is 941. The normalized spacial score (nSPS) is 15.0. The van der Waals surface area contributed by atoms with Crippen molar-refractivity contribution in [2.24, 2.45) is 5.73 Å². The average molecular weight is 462 g/mol. The van der Waals surface area contributed by atoms with E-state index >= 15 is 0 Å². The summed E-state index contributed by atoms with van der Waals surface area (Å²) in [5.74, 6) is -3.25. The van der Waals surface area contributed by atoms with Crippen molar-refractivity contribution in [2.75, 3.05) is 0 Å². The first-order valence-corrected chi connectivity index (χ1v) is 10.6. The molecule has 0 fully saturated rings. The first kappa shape index (κ1) is 24.2. The maximum atomic E-state index is 13.7. The van der Waals surface area contributed by atoms with Gasteiger partial charge in [0.05, 0.1) is 5.92 Å². The van der Waals surface area contributed by atoms with Gasteiger partial charge in [-0.15, -0.1) is 0 Å². The number of benzene rings is 2. The van der Waals surface area contributed by atoms with Crippen LogP contribution < -0.4 is 5.73 Å². The number of nitrogens with one attached hydrogen (secondary N) is 1. The Hall–Kier alpha value is -2.10. The van der Waals surface area contributed by atoms with Crippen LogP contribution in [-0.4, -0.2) is 28.5 Å². The Balaban J connectivity index is 2.26. The summed E-state index contributed by atoms with van der Waals surface area (Å²) in [6.45, 7) is 0. The molecule has 0 aliphatic rings. The number of halogens is 4. The van der Waals surface area contributed by atoms with Gasteiger partial charge >= 0.3 is 12.1 Å². The highest BCUT2D eigenvalue weighted by molar-refractivity contribution is 7.74. The summed E-state index contributed by atoms with van der Waals surface area (Å²) in [5.41, 5.74) is 6.69. The predicted octanol–water partition coefficient (Wildman–Crippen LogP) is 5.33. The lowest BCUT2D eigenvalue weighted by molar-refractivity contribution is -0.152. The van der Waals surface area contributed by atoms with Gasteiger partial charge in [0.2, 0.25) is 0 Å². The van der Waals surface area contributed by atoms with Crippen molar-refractivity contribution in [3.8, 4) is 11.1 Å². The molecule has 0 amide bonds. The lowest BCUT2D eigenvalue weighted by Gasteiger charge is -2.28. The lowest BCUT2D eigenvalue weighted by atomic mass is 9.90. The molecule has 30 heavy (non-hydrogen) atoms. The van der Waals surface area contributed by atoms with Crippen molar-refractivity contribution in [2.45, 2.75) is 42.6 Å². The number of rotatable bonds is 9. The number of alkyl halides is 3. The summed E-state index contributed by atoms with van der Waals surface area (Å²) in [6.07, 6.45) is -5.55. The zero-order chi connectivity index (χ0) is 22.5. The number of carboxylic acid groups (broad SMARTS) is 1. The van der Waals surface area contributed by atoms with Gasteiger partial charge in [-0.05, 0) is 23.6 Å². The van der Waals surface area contributed by atoms with Crippen LogP contribution in [0.4, 0.5) is 13.2 Å². The van der Waals surface area contributed by atoms with Gasteiger partial charge in [0.1, 0.15) is 6.04 Å². The Labute approximate surface area is 179 Å². The molecule has 0 aliphatic carbocycles. The summed E-state index contributed by atoms with van der Waals surface area (Å²) in [6, 6.07) is 11.4.